The molecule has 2 rings (SSSR count). The molecule has 1 aromatic heterocycles. The molecule has 1 amide bonds. The Kier molecular flexibility index (Phi) is 3.59. The summed E-state index contributed by atoms with van der Waals surface area (Å²) in [5, 5.41) is 6.93. The van der Waals surface area contributed by atoms with Gasteiger partial charge in [0.05, 0.1) is 0 Å². The average molecular weight is 221 g/mol. The molecule has 0 bridgehead atoms. The second kappa shape index (κ2) is 5.14. The molecule has 0 radical (unpaired) electrons. The summed E-state index contributed by atoms with van der Waals surface area (Å²) < 4.78 is 1.69. The summed E-state index contributed by atoms with van der Waals surface area (Å²) in [6.45, 7) is 0. The quantitative estimate of drug-likeness (QED) is 0.848. The lowest BCUT2D eigenvalue weighted by Gasteiger charge is -2.07. The molecule has 4 nitrogen and oxygen atoms in total. The summed E-state index contributed by atoms with van der Waals surface area (Å²) in [5.74, 6) is 1.51. The van der Waals surface area contributed by atoms with Gasteiger partial charge in [0.25, 0.3) is 0 Å². The molecule has 0 spiro atoms. The molecule has 1 N–H and O–H groups in total. The Morgan fingerprint density at radius 3 is 2.94 bits per heavy atom. The van der Waals surface area contributed by atoms with Gasteiger partial charge in [0.2, 0.25) is 5.91 Å². The molecule has 1 saturated carbocycles. The monoisotopic (exact) mass is 221 g/mol. The van der Waals surface area contributed by atoms with Crippen LogP contribution in [0.15, 0.2) is 12.3 Å². The van der Waals surface area contributed by atoms with Gasteiger partial charge in [0.15, 0.2) is 5.82 Å². The summed E-state index contributed by atoms with van der Waals surface area (Å²) in [6, 6.07) is 1.81. The Morgan fingerprint density at radius 2 is 2.31 bits per heavy atom. The molecule has 0 atom stereocenters. The van der Waals surface area contributed by atoms with Crippen molar-refractivity contribution in [2.75, 3.05) is 5.32 Å². The minimum absolute atomic E-state index is 0.0885. The first-order valence-electron chi connectivity index (χ1n) is 6.03. The number of carbonyl (C=O) groups is 1. The van der Waals surface area contributed by atoms with Gasteiger partial charge in [-0.3, -0.25) is 9.48 Å². The maximum absolute atomic E-state index is 11.6. The smallest absolute Gasteiger partial charge is 0.225 e. The van der Waals surface area contributed by atoms with Crippen LogP contribution < -0.4 is 5.32 Å². The largest absolute Gasteiger partial charge is 0.309 e. The predicted octanol–water partition coefficient (Wildman–Crippen LogP) is 2.33. The highest BCUT2D eigenvalue weighted by atomic mass is 16.1. The maximum atomic E-state index is 11.6. The topological polar surface area (TPSA) is 46.9 Å². The molecule has 16 heavy (non-hydrogen) atoms. The number of hydrogen-bond acceptors (Lipinski definition) is 2. The van der Waals surface area contributed by atoms with Crippen LogP contribution in [0.3, 0.4) is 0 Å². The second-order valence-electron chi connectivity index (χ2n) is 4.61. The van der Waals surface area contributed by atoms with Crippen molar-refractivity contribution in [3.05, 3.63) is 12.3 Å². The number of carbonyl (C=O) groups excluding carboxylic acids is 1. The van der Waals surface area contributed by atoms with Gasteiger partial charge in [-0.25, -0.2) is 0 Å². The highest BCUT2D eigenvalue weighted by Crippen LogP contribution is 2.28. The summed E-state index contributed by atoms with van der Waals surface area (Å²) in [7, 11) is 1.84. The number of hydrogen-bond donors (Lipinski definition) is 1. The van der Waals surface area contributed by atoms with Gasteiger partial charge in [-0.1, -0.05) is 25.7 Å². The molecule has 0 aromatic carbocycles. The Balaban J connectivity index is 1.71. The minimum Gasteiger partial charge on any atom is -0.309 e. The first-order valence-corrected chi connectivity index (χ1v) is 6.03. The van der Waals surface area contributed by atoms with Crippen molar-refractivity contribution in [3.63, 3.8) is 0 Å². The lowest BCUT2D eigenvalue weighted by molar-refractivity contribution is -0.116. The van der Waals surface area contributed by atoms with Gasteiger partial charge in [0.1, 0.15) is 0 Å². The Labute approximate surface area is 96.0 Å². The van der Waals surface area contributed by atoms with E-state index in [1.54, 1.807) is 4.68 Å². The summed E-state index contributed by atoms with van der Waals surface area (Å²) >= 11 is 0. The van der Waals surface area contributed by atoms with Crippen molar-refractivity contribution in [3.8, 4) is 0 Å². The van der Waals surface area contributed by atoms with Crippen LogP contribution in [0, 0.1) is 5.92 Å². The van der Waals surface area contributed by atoms with Gasteiger partial charge < -0.3 is 5.32 Å². The van der Waals surface area contributed by atoms with E-state index in [1.165, 1.54) is 25.7 Å². The van der Waals surface area contributed by atoms with Crippen molar-refractivity contribution in [1.29, 1.82) is 0 Å². The van der Waals surface area contributed by atoms with Crippen LogP contribution in [-0.2, 0) is 11.8 Å². The van der Waals surface area contributed by atoms with E-state index in [9.17, 15) is 4.79 Å². The summed E-state index contributed by atoms with van der Waals surface area (Å²) in [6.07, 6.45) is 8.76. The molecule has 0 aliphatic heterocycles. The third-order valence-corrected chi connectivity index (χ3v) is 3.24. The molecular formula is C12H19N3O. The number of nitrogens with one attached hydrogen (secondary N) is 1. The molecular weight excluding hydrogens is 202 g/mol. The van der Waals surface area contributed by atoms with Crippen molar-refractivity contribution < 1.29 is 4.79 Å². The fraction of sp³-hybridized carbons (Fsp3) is 0.667. The zero-order valence-corrected chi connectivity index (χ0v) is 9.78. The summed E-state index contributed by atoms with van der Waals surface area (Å²) in [4.78, 5) is 11.6. The van der Waals surface area contributed by atoms with E-state index in [4.69, 9.17) is 0 Å². The maximum Gasteiger partial charge on any atom is 0.225 e. The van der Waals surface area contributed by atoms with Crippen molar-refractivity contribution in [2.24, 2.45) is 13.0 Å². The van der Waals surface area contributed by atoms with Crippen LogP contribution in [0.1, 0.15) is 38.5 Å². The molecule has 1 fully saturated rings. The van der Waals surface area contributed by atoms with E-state index in [2.05, 4.69) is 10.4 Å². The normalized spacial score (nSPS) is 16.6. The first-order chi connectivity index (χ1) is 7.74. The highest BCUT2D eigenvalue weighted by Gasteiger charge is 2.16. The van der Waals surface area contributed by atoms with E-state index >= 15 is 0 Å². The standard InChI is InChI=1S/C12H19N3O/c1-15-9-8-11(14-15)13-12(16)7-6-10-4-2-3-5-10/h8-10H,2-7H2,1H3,(H,13,14,16). The third-order valence-electron chi connectivity index (χ3n) is 3.24. The number of rotatable bonds is 4. The zero-order valence-electron chi connectivity index (χ0n) is 9.78. The van der Waals surface area contributed by atoms with Crippen LogP contribution in [0.4, 0.5) is 5.82 Å². The van der Waals surface area contributed by atoms with Gasteiger partial charge in [-0.05, 0) is 12.3 Å². The molecule has 1 heterocycles. The number of anilines is 1. The number of aromatic nitrogens is 2. The number of nitrogens with zero attached hydrogens (tertiary/aromatic N) is 2. The number of aryl methyl sites for hydroxylation is 1. The van der Waals surface area contributed by atoms with Crippen LogP contribution in [0.2, 0.25) is 0 Å². The summed E-state index contributed by atoms with van der Waals surface area (Å²) in [5.41, 5.74) is 0. The van der Waals surface area contributed by atoms with Crippen molar-refractivity contribution >= 4 is 11.7 Å². The van der Waals surface area contributed by atoms with E-state index < -0.39 is 0 Å². The fourth-order valence-electron chi connectivity index (χ4n) is 2.32. The van der Waals surface area contributed by atoms with E-state index in [0.29, 0.717) is 12.2 Å². The van der Waals surface area contributed by atoms with Crippen LogP contribution >= 0.6 is 0 Å². The highest BCUT2D eigenvalue weighted by molar-refractivity contribution is 5.89. The third kappa shape index (κ3) is 3.08. The second-order valence-corrected chi connectivity index (χ2v) is 4.61. The SMILES string of the molecule is Cn1ccc(NC(=O)CCC2CCCC2)n1. The molecule has 0 unspecified atom stereocenters. The van der Waals surface area contributed by atoms with Crippen LogP contribution in [-0.4, -0.2) is 15.7 Å². The van der Waals surface area contributed by atoms with Crippen molar-refractivity contribution in [2.45, 2.75) is 38.5 Å². The van der Waals surface area contributed by atoms with E-state index in [-0.39, 0.29) is 5.91 Å². The number of amides is 1. The average Bonchev–Trinajstić information content (AvgIpc) is 2.87. The zero-order chi connectivity index (χ0) is 11.4. The minimum atomic E-state index is 0.0885. The lowest BCUT2D eigenvalue weighted by Crippen LogP contribution is -2.13. The van der Waals surface area contributed by atoms with Crippen LogP contribution in [0.25, 0.3) is 0 Å². The van der Waals surface area contributed by atoms with Gasteiger partial charge in [-0.15, -0.1) is 0 Å². The lowest BCUT2D eigenvalue weighted by atomic mass is 10.0. The Hall–Kier alpha value is -1.32. The first kappa shape index (κ1) is 11.2. The molecule has 4 heteroatoms. The molecule has 1 aromatic rings. The molecule has 1 aliphatic carbocycles. The van der Waals surface area contributed by atoms with Gasteiger partial charge >= 0.3 is 0 Å². The predicted molar refractivity (Wildman–Crippen MR) is 63.0 cm³/mol. The van der Waals surface area contributed by atoms with Gasteiger partial charge in [-0.2, -0.15) is 5.10 Å². The van der Waals surface area contributed by atoms with Crippen LogP contribution in [0.5, 0.6) is 0 Å². The van der Waals surface area contributed by atoms with Crippen molar-refractivity contribution in [1.82, 2.24) is 9.78 Å². The Bertz CT molecular complexity index is 353. The Morgan fingerprint density at radius 1 is 1.56 bits per heavy atom. The molecule has 88 valence electrons. The van der Waals surface area contributed by atoms with E-state index in [0.717, 1.165) is 12.3 Å². The molecule has 0 saturated heterocycles. The van der Waals surface area contributed by atoms with E-state index in [1.807, 2.05) is 19.3 Å². The fourth-order valence-corrected chi connectivity index (χ4v) is 2.32. The molecule has 1 aliphatic rings. The van der Waals surface area contributed by atoms with Gasteiger partial charge in [0, 0.05) is 25.7 Å².